The van der Waals surface area contributed by atoms with Crippen LogP contribution in [0.5, 0.6) is 0 Å². The van der Waals surface area contributed by atoms with Crippen LogP contribution in [0.1, 0.15) is 258 Å². The molecule has 0 bridgehead atoms. The van der Waals surface area contributed by atoms with Crippen LogP contribution < -0.4 is 0 Å². The Bertz CT molecular complexity index is 1440. The molecule has 0 aromatic rings. The number of hydrogen-bond acceptors (Lipinski definition) is 6. The van der Waals surface area contributed by atoms with Gasteiger partial charge in [-0.05, 0) is 128 Å². The predicted octanol–water partition coefficient (Wildman–Crippen LogP) is 19.5. The lowest BCUT2D eigenvalue weighted by Crippen LogP contribution is -2.30. The number of ether oxygens (including phenoxy) is 3. The molecule has 0 aromatic heterocycles. The van der Waals surface area contributed by atoms with Crippen molar-refractivity contribution in [2.24, 2.45) is 0 Å². The number of carbonyl (C=O) groups excluding carboxylic acids is 3. The van der Waals surface area contributed by atoms with Crippen LogP contribution in [-0.4, -0.2) is 37.2 Å². The van der Waals surface area contributed by atoms with Crippen molar-refractivity contribution >= 4 is 17.9 Å². The number of unbranched alkanes of at least 4 members (excludes halogenated alkanes) is 22. The summed E-state index contributed by atoms with van der Waals surface area (Å²) in [6, 6.07) is 0. The first-order chi connectivity index (χ1) is 34.5. The van der Waals surface area contributed by atoms with Crippen LogP contribution in [0.25, 0.3) is 0 Å². The molecule has 1 atom stereocenters. The molecule has 0 amide bonds. The highest BCUT2D eigenvalue weighted by atomic mass is 16.6. The molecule has 0 radical (unpaired) electrons. The van der Waals surface area contributed by atoms with E-state index in [1.54, 1.807) is 0 Å². The van der Waals surface area contributed by atoms with Crippen LogP contribution in [0.3, 0.4) is 0 Å². The van der Waals surface area contributed by atoms with Gasteiger partial charge in [0, 0.05) is 19.3 Å². The molecule has 0 heterocycles. The summed E-state index contributed by atoms with van der Waals surface area (Å²) in [6.07, 6.45) is 77.9. The van der Waals surface area contributed by atoms with Crippen molar-refractivity contribution in [1.29, 1.82) is 0 Å². The van der Waals surface area contributed by atoms with E-state index in [4.69, 9.17) is 14.2 Å². The average Bonchev–Trinajstić information content (AvgIpc) is 3.36. The van der Waals surface area contributed by atoms with E-state index in [2.05, 4.69) is 130 Å². The Labute approximate surface area is 431 Å². The van der Waals surface area contributed by atoms with Crippen LogP contribution >= 0.6 is 0 Å². The summed E-state index contributed by atoms with van der Waals surface area (Å²) in [4.78, 5) is 38.2. The Morgan fingerprint density at radius 1 is 0.300 bits per heavy atom. The monoisotopic (exact) mass is 971 g/mol. The van der Waals surface area contributed by atoms with Crippen molar-refractivity contribution in [3.63, 3.8) is 0 Å². The van der Waals surface area contributed by atoms with E-state index in [9.17, 15) is 14.4 Å². The zero-order valence-electron chi connectivity index (χ0n) is 45.5. The highest BCUT2D eigenvalue weighted by Gasteiger charge is 2.19. The van der Waals surface area contributed by atoms with Gasteiger partial charge < -0.3 is 14.2 Å². The third-order valence-corrected chi connectivity index (χ3v) is 12.0. The molecule has 398 valence electrons. The van der Waals surface area contributed by atoms with Crippen molar-refractivity contribution in [3.8, 4) is 0 Å². The molecule has 0 saturated heterocycles. The second-order valence-corrected chi connectivity index (χ2v) is 18.8. The van der Waals surface area contributed by atoms with E-state index in [0.717, 1.165) is 116 Å². The van der Waals surface area contributed by atoms with Crippen LogP contribution in [0.15, 0.2) is 109 Å². The lowest BCUT2D eigenvalue weighted by molar-refractivity contribution is -0.167. The Hall–Kier alpha value is -3.93. The Morgan fingerprint density at radius 2 is 0.557 bits per heavy atom. The molecule has 0 saturated carbocycles. The third-order valence-electron chi connectivity index (χ3n) is 12.0. The minimum atomic E-state index is -0.806. The molecule has 0 N–H and O–H groups in total. The Kier molecular flexibility index (Phi) is 54.4. The smallest absolute Gasteiger partial charge is 0.306 e. The zero-order valence-corrected chi connectivity index (χ0v) is 45.5. The standard InChI is InChI=1S/C64H106O6/c1-4-7-10-13-16-19-22-25-28-30-31-32-33-35-36-39-42-45-48-51-54-57-63(66)69-60-61(59-68-62(65)56-53-50-47-44-41-38-27-24-21-18-15-12-9-6-3)70-64(67)58-55-52-49-46-43-40-37-34-29-26-23-20-17-14-11-8-5-2/h7,10,16-17,19-20,24-29,31-32,35-36,42,45,61H,4-6,8-9,11-15,18,21-23,30,33-34,37-41,43-44,46-60H2,1-3H3/b10-7-,19-16-,20-17-,27-24-,28-25-,29-26-,32-31-,36-35-,45-42-. The van der Waals surface area contributed by atoms with Gasteiger partial charge in [0.15, 0.2) is 6.10 Å². The zero-order chi connectivity index (χ0) is 50.7. The lowest BCUT2D eigenvalue weighted by Gasteiger charge is -2.18. The summed E-state index contributed by atoms with van der Waals surface area (Å²) in [6.45, 7) is 6.44. The van der Waals surface area contributed by atoms with Crippen molar-refractivity contribution in [1.82, 2.24) is 0 Å². The van der Waals surface area contributed by atoms with Gasteiger partial charge in [0.2, 0.25) is 0 Å². The van der Waals surface area contributed by atoms with Crippen molar-refractivity contribution < 1.29 is 28.6 Å². The number of hydrogen-bond donors (Lipinski definition) is 0. The second kappa shape index (κ2) is 57.6. The number of esters is 3. The van der Waals surface area contributed by atoms with Gasteiger partial charge in [-0.2, -0.15) is 0 Å². The van der Waals surface area contributed by atoms with E-state index >= 15 is 0 Å². The van der Waals surface area contributed by atoms with E-state index in [1.165, 1.54) is 96.3 Å². The first-order valence-electron chi connectivity index (χ1n) is 28.9. The molecule has 70 heavy (non-hydrogen) atoms. The fourth-order valence-electron chi connectivity index (χ4n) is 7.65. The molecule has 6 heteroatoms. The highest BCUT2D eigenvalue weighted by molar-refractivity contribution is 5.71. The number of rotatable bonds is 51. The van der Waals surface area contributed by atoms with E-state index in [-0.39, 0.29) is 31.1 Å². The maximum Gasteiger partial charge on any atom is 0.306 e. The topological polar surface area (TPSA) is 78.9 Å². The average molecular weight is 972 g/mol. The SMILES string of the molecule is CC/C=C\C/C=C\C/C=C\C/C=C\C/C=C\C/C=C\CCCCC(=O)OCC(COC(=O)CCCCCCC/C=C\CCCCCCC)OC(=O)CCCCCCCCC/C=C\C/C=C\CCCCC. The molecule has 0 fully saturated rings. The largest absolute Gasteiger partial charge is 0.462 e. The van der Waals surface area contributed by atoms with Crippen LogP contribution in [0, 0.1) is 0 Å². The van der Waals surface area contributed by atoms with Gasteiger partial charge in [-0.15, -0.1) is 0 Å². The second-order valence-electron chi connectivity index (χ2n) is 18.8. The predicted molar refractivity (Wildman–Crippen MR) is 302 cm³/mol. The third kappa shape index (κ3) is 55.0. The maximum atomic E-state index is 12.9. The summed E-state index contributed by atoms with van der Waals surface area (Å²) >= 11 is 0. The Balaban J connectivity index is 4.49. The molecular formula is C64H106O6. The van der Waals surface area contributed by atoms with Gasteiger partial charge in [0.05, 0.1) is 0 Å². The summed E-state index contributed by atoms with van der Waals surface area (Å²) in [5.41, 5.74) is 0. The minimum Gasteiger partial charge on any atom is -0.462 e. The fourth-order valence-corrected chi connectivity index (χ4v) is 7.65. The first kappa shape index (κ1) is 66.1. The highest BCUT2D eigenvalue weighted by Crippen LogP contribution is 2.14. The van der Waals surface area contributed by atoms with Gasteiger partial charge in [0.25, 0.3) is 0 Å². The minimum absolute atomic E-state index is 0.101. The van der Waals surface area contributed by atoms with E-state index in [1.807, 2.05) is 0 Å². The molecule has 0 aliphatic heterocycles. The molecule has 0 aliphatic rings. The quantitative estimate of drug-likeness (QED) is 0.0262. The molecule has 1 unspecified atom stereocenters. The van der Waals surface area contributed by atoms with Crippen LogP contribution in [0.4, 0.5) is 0 Å². The van der Waals surface area contributed by atoms with E-state index < -0.39 is 6.10 Å². The van der Waals surface area contributed by atoms with Crippen LogP contribution in [-0.2, 0) is 28.6 Å². The number of carbonyl (C=O) groups is 3. The van der Waals surface area contributed by atoms with Gasteiger partial charge in [-0.1, -0.05) is 220 Å². The van der Waals surface area contributed by atoms with Crippen LogP contribution in [0.2, 0.25) is 0 Å². The van der Waals surface area contributed by atoms with Gasteiger partial charge in [-0.25, -0.2) is 0 Å². The summed E-state index contributed by atoms with van der Waals surface area (Å²) < 4.78 is 16.8. The van der Waals surface area contributed by atoms with Gasteiger partial charge in [0.1, 0.15) is 13.2 Å². The van der Waals surface area contributed by atoms with Crippen molar-refractivity contribution in [2.45, 2.75) is 264 Å². The number of allylic oxidation sites excluding steroid dienone is 18. The summed E-state index contributed by atoms with van der Waals surface area (Å²) in [7, 11) is 0. The molecule has 6 nitrogen and oxygen atoms in total. The molecule has 0 aromatic carbocycles. The molecule has 0 aliphatic carbocycles. The van der Waals surface area contributed by atoms with Gasteiger partial charge >= 0.3 is 17.9 Å². The first-order valence-corrected chi connectivity index (χ1v) is 28.9. The molecule has 0 rings (SSSR count). The van der Waals surface area contributed by atoms with Crippen molar-refractivity contribution in [3.05, 3.63) is 109 Å². The summed E-state index contributed by atoms with van der Waals surface area (Å²) in [5, 5.41) is 0. The van der Waals surface area contributed by atoms with Gasteiger partial charge in [-0.3, -0.25) is 14.4 Å². The normalized spacial score (nSPS) is 12.9. The molecular weight excluding hydrogens is 865 g/mol. The maximum absolute atomic E-state index is 12.9. The summed E-state index contributed by atoms with van der Waals surface area (Å²) in [5.74, 6) is -0.961. The lowest BCUT2D eigenvalue weighted by atomic mass is 10.1. The fraction of sp³-hybridized carbons (Fsp3) is 0.672. The van der Waals surface area contributed by atoms with E-state index in [0.29, 0.717) is 25.7 Å². The Morgan fingerprint density at radius 3 is 0.943 bits per heavy atom. The molecule has 0 spiro atoms. The van der Waals surface area contributed by atoms with Crippen molar-refractivity contribution in [2.75, 3.05) is 13.2 Å².